The molecule has 1 aromatic rings. The predicted molar refractivity (Wildman–Crippen MR) is 66.5 cm³/mol. The summed E-state index contributed by atoms with van der Waals surface area (Å²) in [6.45, 7) is 1.69. The van der Waals surface area contributed by atoms with Crippen molar-refractivity contribution in [1.82, 2.24) is 0 Å². The third kappa shape index (κ3) is 3.50. The Morgan fingerprint density at radius 1 is 1.24 bits per heavy atom. The van der Waals surface area contributed by atoms with Crippen LogP contribution in [0.25, 0.3) is 0 Å². The second-order valence-corrected chi connectivity index (χ2v) is 6.44. The lowest BCUT2D eigenvalue weighted by Crippen LogP contribution is -2.13. The highest BCUT2D eigenvalue weighted by molar-refractivity contribution is 7.54. The van der Waals surface area contributed by atoms with E-state index in [-0.39, 0.29) is 12.2 Å². The molecule has 0 radical (unpaired) electrons. The van der Waals surface area contributed by atoms with Crippen molar-refractivity contribution in [3.63, 3.8) is 0 Å². The largest absolute Gasteiger partial charge is 0.333 e. The average molecular weight is 256 g/mol. The van der Waals surface area contributed by atoms with Crippen LogP contribution in [0.3, 0.4) is 0 Å². The summed E-state index contributed by atoms with van der Waals surface area (Å²) in [4.78, 5) is 11.9. The highest BCUT2D eigenvalue weighted by Crippen LogP contribution is 2.52. The van der Waals surface area contributed by atoms with Crippen molar-refractivity contribution < 1.29 is 18.4 Å². The minimum absolute atomic E-state index is 0.0626. The maximum Gasteiger partial charge on any atom is 0.333 e. The zero-order valence-corrected chi connectivity index (χ0v) is 11.1. The molecule has 0 N–H and O–H groups in total. The van der Waals surface area contributed by atoms with E-state index in [4.69, 9.17) is 9.05 Å². The number of ketones is 1. The van der Waals surface area contributed by atoms with Crippen LogP contribution in [-0.2, 0) is 13.6 Å². The standard InChI is InChI=1S/C12H17O4P/c1-10(17(14,15-2)16-3)9-12(13)11-7-5-4-6-8-11/h4-8,10H,9H2,1-3H3. The quantitative estimate of drug-likeness (QED) is 0.579. The normalized spacial score (nSPS) is 13.4. The van der Waals surface area contributed by atoms with Crippen LogP contribution in [0.5, 0.6) is 0 Å². The van der Waals surface area contributed by atoms with Crippen LogP contribution in [0.1, 0.15) is 23.7 Å². The third-order valence-electron chi connectivity index (χ3n) is 2.63. The molecular weight excluding hydrogens is 239 g/mol. The van der Waals surface area contributed by atoms with Gasteiger partial charge < -0.3 is 9.05 Å². The Bertz CT molecular complexity index is 408. The van der Waals surface area contributed by atoms with Gasteiger partial charge in [-0.25, -0.2) is 0 Å². The molecule has 1 aromatic carbocycles. The molecule has 0 amide bonds. The molecule has 94 valence electrons. The maximum atomic E-state index is 12.0. The highest BCUT2D eigenvalue weighted by Gasteiger charge is 2.31. The average Bonchev–Trinajstić information content (AvgIpc) is 2.38. The summed E-state index contributed by atoms with van der Waals surface area (Å²) >= 11 is 0. The molecule has 0 spiro atoms. The molecule has 0 aliphatic heterocycles. The lowest BCUT2D eigenvalue weighted by atomic mass is 10.1. The second kappa shape index (κ2) is 6.10. The van der Waals surface area contributed by atoms with Crippen molar-refractivity contribution >= 4 is 13.4 Å². The molecule has 0 fully saturated rings. The first-order chi connectivity index (χ1) is 8.03. The second-order valence-electron chi connectivity index (χ2n) is 3.75. The van der Waals surface area contributed by atoms with Gasteiger partial charge in [0.1, 0.15) is 0 Å². The molecule has 0 aromatic heterocycles. The van der Waals surface area contributed by atoms with Crippen molar-refractivity contribution in [2.75, 3.05) is 14.2 Å². The fraction of sp³-hybridized carbons (Fsp3) is 0.417. The summed E-state index contributed by atoms with van der Waals surface area (Å²) in [7, 11) is -0.513. The van der Waals surface area contributed by atoms with Crippen molar-refractivity contribution in [2.45, 2.75) is 19.0 Å². The molecule has 0 saturated heterocycles. The van der Waals surface area contributed by atoms with Gasteiger partial charge in [-0.1, -0.05) is 37.3 Å². The summed E-state index contributed by atoms with van der Waals surface area (Å²) in [5, 5.41) is 0. The van der Waals surface area contributed by atoms with Gasteiger partial charge in [0.25, 0.3) is 0 Å². The number of carbonyl (C=O) groups is 1. The minimum Gasteiger partial charge on any atom is -0.312 e. The van der Waals surface area contributed by atoms with Gasteiger partial charge >= 0.3 is 7.60 Å². The van der Waals surface area contributed by atoms with Crippen molar-refractivity contribution in [3.8, 4) is 0 Å². The van der Waals surface area contributed by atoms with Crippen LogP contribution in [0.15, 0.2) is 30.3 Å². The van der Waals surface area contributed by atoms with Crippen LogP contribution >= 0.6 is 7.60 Å². The monoisotopic (exact) mass is 256 g/mol. The van der Waals surface area contributed by atoms with Gasteiger partial charge in [-0.05, 0) is 0 Å². The Morgan fingerprint density at radius 3 is 2.24 bits per heavy atom. The Labute approximate surface area is 101 Å². The zero-order valence-electron chi connectivity index (χ0n) is 10.3. The number of Topliss-reactive ketones (excluding diaryl/α,β-unsaturated/α-hetero) is 1. The van der Waals surface area contributed by atoms with Crippen molar-refractivity contribution in [3.05, 3.63) is 35.9 Å². The van der Waals surface area contributed by atoms with Gasteiger partial charge in [-0.3, -0.25) is 9.36 Å². The molecule has 17 heavy (non-hydrogen) atoms. The first-order valence-electron chi connectivity index (χ1n) is 5.33. The molecule has 5 heteroatoms. The van der Waals surface area contributed by atoms with Crippen molar-refractivity contribution in [2.24, 2.45) is 0 Å². The molecule has 0 saturated carbocycles. The summed E-state index contributed by atoms with van der Waals surface area (Å²) in [5.41, 5.74) is 0.156. The van der Waals surface area contributed by atoms with Crippen LogP contribution < -0.4 is 0 Å². The van der Waals surface area contributed by atoms with E-state index in [1.54, 1.807) is 31.2 Å². The third-order valence-corrected chi connectivity index (χ3v) is 4.91. The molecule has 1 unspecified atom stereocenters. The van der Waals surface area contributed by atoms with Crippen molar-refractivity contribution in [1.29, 1.82) is 0 Å². The van der Waals surface area contributed by atoms with E-state index in [0.717, 1.165) is 0 Å². The van der Waals surface area contributed by atoms with Gasteiger partial charge in [0.05, 0.1) is 5.66 Å². The first kappa shape index (κ1) is 14.1. The minimum atomic E-state index is -3.17. The van der Waals surface area contributed by atoms with Gasteiger partial charge in [0.2, 0.25) is 0 Å². The number of hydrogen-bond donors (Lipinski definition) is 0. The summed E-state index contributed by atoms with van der Waals surface area (Å²) in [6.07, 6.45) is 0.142. The Hall–Kier alpha value is -0.960. The maximum absolute atomic E-state index is 12.0. The van der Waals surface area contributed by atoms with Crippen LogP contribution in [-0.4, -0.2) is 25.7 Å². The van der Waals surface area contributed by atoms with Crippen LogP contribution in [0.2, 0.25) is 0 Å². The highest BCUT2D eigenvalue weighted by atomic mass is 31.2. The molecule has 0 bridgehead atoms. The molecule has 0 aliphatic carbocycles. The molecule has 0 heterocycles. The number of hydrogen-bond acceptors (Lipinski definition) is 4. The van der Waals surface area contributed by atoms with E-state index >= 15 is 0 Å². The predicted octanol–water partition coefficient (Wildman–Crippen LogP) is 3.13. The number of carbonyl (C=O) groups excluding carboxylic acids is 1. The van der Waals surface area contributed by atoms with E-state index in [0.29, 0.717) is 5.56 Å². The first-order valence-corrected chi connectivity index (χ1v) is 6.94. The van der Waals surface area contributed by atoms with E-state index in [9.17, 15) is 9.36 Å². The van der Waals surface area contributed by atoms with Crippen LogP contribution in [0.4, 0.5) is 0 Å². The topological polar surface area (TPSA) is 52.6 Å². The molecular formula is C12H17O4P. The summed E-state index contributed by atoms with van der Waals surface area (Å²) in [5.74, 6) is -0.0626. The van der Waals surface area contributed by atoms with Gasteiger partial charge in [-0.2, -0.15) is 0 Å². The molecule has 0 aliphatic rings. The zero-order chi connectivity index (χ0) is 12.9. The van der Waals surface area contributed by atoms with E-state index in [2.05, 4.69) is 0 Å². The fourth-order valence-electron chi connectivity index (χ4n) is 1.56. The van der Waals surface area contributed by atoms with E-state index in [1.165, 1.54) is 14.2 Å². The summed E-state index contributed by atoms with van der Waals surface area (Å²) < 4.78 is 21.8. The molecule has 1 atom stereocenters. The summed E-state index contributed by atoms with van der Waals surface area (Å²) in [6, 6.07) is 8.91. The smallest absolute Gasteiger partial charge is 0.312 e. The van der Waals surface area contributed by atoms with Crippen LogP contribution in [0, 0.1) is 0 Å². The van der Waals surface area contributed by atoms with Gasteiger partial charge in [-0.15, -0.1) is 0 Å². The Balaban J connectivity index is 2.73. The molecule has 1 rings (SSSR count). The number of benzene rings is 1. The lowest BCUT2D eigenvalue weighted by Gasteiger charge is -2.20. The van der Waals surface area contributed by atoms with Gasteiger partial charge in [0.15, 0.2) is 5.78 Å². The Kier molecular flexibility index (Phi) is 5.06. The van der Waals surface area contributed by atoms with E-state index < -0.39 is 13.3 Å². The fourth-order valence-corrected chi connectivity index (χ4v) is 2.81. The SMILES string of the molecule is COP(=O)(OC)C(C)CC(=O)c1ccccc1. The Morgan fingerprint density at radius 2 is 1.76 bits per heavy atom. The van der Waals surface area contributed by atoms with E-state index in [1.807, 2.05) is 6.07 Å². The lowest BCUT2D eigenvalue weighted by molar-refractivity contribution is 0.0978. The van der Waals surface area contributed by atoms with Gasteiger partial charge in [0, 0.05) is 26.2 Å². The molecule has 4 nitrogen and oxygen atoms in total. The number of rotatable bonds is 6.